The number of hydrogen-bond donors (Lipinski definition) is 2. The van der Waals surface area contributed by atoms with Crippen molar-refractivity contribution in [1.82, 2.24) is 9.88 Å². The Morgan fingerprint density at radius 1 is 1.13 bits per heavy atom. The molecule has 0 radical (unpaired) electrons. The van der Waals surface area contributed by atoms with Gasteiger partial charge in [0, 0.05) is 18.1 Å². The lowest BCUT2D eigenvalue weighted by Gasteiger charge is -2.11. The van der Waals surface area contributed by atoms with Gasteiger partial charge >= 0.3 is 0 Å². The van der Waals surface area contributed by atoms with Crippen LogP contribution < -0.4 is 10.0 Å². The smallest absolute Gasteiger partial charge is 0.261 e. The first-order chi connectivity index (χ1) is 10.9. The predicted octanol–water partition coefficient (Wildman–Crippen LogP) is 2.51. The second-order valence-corrected chi connectivity index (χ2v) is 7.34. The van der Waals surface area contributed by atoms with Crippen molar-refractivity contribution in [3.8, 4) is 0 Å². The number of hydrogen-bond acceptors (Lipinski definition) is 5. The summed E-state index contributed by atoms with van der Waals surface area (Å²) < 4.78 is 27.0. The molecule has 0 amide bonds. The lowest BCUT2D eigenvalue weighted by Crippen LogP contribution is -2.21. The summed E-state index contributed by atoms with van der Waals surface area (Å²) in [5.74, 6) is 0.696. The molecule has 0 unspecified atom stereocenters. The molecule has 2 rings (SSSR count). The van der Waals surface area contributed by atoms with Gasteiger partial charge in [0.15, 0.2) is 0 Å². The number of pyridine rings is 1. The molecular weight excluding hydrogens is 336 g/mol. The summed E-state index contributed by atoms with van der Waals surface area (Å²) in [7, 11) is 0.333. The fourth-order valence-corrected chi connectivity index (χ4v) is 2.96. The van der Waals surface area contributed by atoms with Crippen molar-refractivity contribution in [1.29, 1.82) is 0 Å². The molecule has 0 spiro atoms. The maximum Gasteiger partial charge on any atom is 0.261 e. The largest absolute Gasteiger partial charge is 0.369 e. The van der Waals surface area contributed by atoms with Crippen LogP contribution >= 0.6 is 11.6 Å². The Hall–Kier alpha value is -1.83. The fraction of sp³-hybridized carbons (Fsp3) is 0.267. The van der Waals surface area contributed by atoms with E-state index < -0.39 is 10.0 Å². The SMILES string of the molecule is CN(C)CCNc1ccc(NS(=O)(=O)c2ccc(Cl)cc2)cn1. The van der Waals surface area contributed by atoms with Crippen molar-refractivity contribution in [2.45, 2.75) is 4.90 Å². The van der Waals surface area contributed by atoms with Crippen LogP contribution in [0.4, 0.5) is 11.5 Å². The van der Waals surface area contributed by atoms with E-state index in [2.05, 4.69) is 19.9 Å². The highest BCUT2D eigenvalue weighted by Crippen LogP contribution is 2.18. The molecule has 0 saturated carbocycles. The van der Waals surface area contributed by atoms with Gasteiger partial charge in [0.25, 0.3) is 10.0 Å². The molecule has 8 heteroatoms. The van der Waals surface area contributed by atoms with Gasteiger partial charge < -0.3 is 10.2 Å². The summed E-state index contributed by atoms with van der Waals surface area (Å²) in [4.78, 5) is 6.40. The first-order valence-corrected chi connectivity index (χ1v) is 8.86. The maximum absolute atomic E-state index is 12.2. The number of rotatable bonds is 7. The van der Waals surface area contributed by atoms with Crippen LogP contribution in [0.15, 0.2) is 47.5 Å². The molecule has 0 fully saturated rings. The van der Waals surface area contributed by atoms with Crippen LogP contribution in [0.5, 0.6) is 0 Å². The molecule has 2 N–H and O–H groups in total. The third-order valence-corrected chi connectivity index (χ3v) is 4.65. The van der Waals surface area contributed by atoms with Crippen molar-refractivity contribution < 1.29 is 8.42 Å². The zero-order valence-corrected chi connectivity index (χ0v) is 14.5. The molecule has 0 bridgehead atoms. The van der Waals surface area contributed by atoms with Crippen LogP contribution in [-0.4, -0.2) is 45.5 Å². The van der Waals surface area contributed by atoms with Crippen LogP contribution in [0.2, 0.25) is 5.02 Å². The number of sulfonamides is 1. The second-order valence-electron chi connectivity index (χ2n) is 5.22. The van der Waals surface area contributed by atoms with Crippen LogP contribution in [0, 0.1) is 0 Å². The minimum Gasteiger partial charge on any atom is -0.369 e. The highest BCUT2D eigenvalue weighted by Gasteiger charge is 2.14. The van der Waals surface area contributed by atoms with E-state index in [1.54, 1.807) is 12.1 Å². The van der Waals surface area contributed by atoms with Gasteiger partial charge in [-0.25, -0.2) is 13.4 Å². The van der Waals surface area contributed by atoms with Crippen LogP contribution in [0.3, 0.4) is 0 Å². The summed E-state index contributed by atoms with van der Waals surface area (Å²) in [6.07, 6.45) is 1.48. The summed E-state index contributed by atoms with van der Waals surface area (Å²) in [5.41, 5.74) is 0.401. The van der Waals surface area contributed by atoms with Crippen LogP contribution in [0.1, 0.15) is 0 Å². The number of nitrogens with one attached hydrogen (secondary N) is 2. The normalized spacial score (nSPS) is 11.5. The summed E-state index contributed by atoms with van der Waals surface area (Å²) in [5, 5.41) is 3.64. The first-order valence-electron chi connectivity index (χ1n) is 7.00. The van der Waals surface area contributed by atoms with E-state index in [4.69, 9.17) is 11.6 Å². The molecule has 23 heavy (non-hydrogen) atoms. The molecule has 124 valence electrons. The standard InChI is InChI=1S/C15H19ClN4O2S/c1-20(2)10-9-17-15-8-5-13(11-18-15)19-23(21,22)14-6-3-12(16)4-7-14/h3-8,11,19H,9-10H2,1-2H3,(H,17,18). The zero-order chi connectivity index (χ0) is 16.9. The molecule has 6 nitrogen and oxygen atoms in total. The van der Waals surface area contributed by atoms with Gasteiger partial charge in [0.1, 0.15) is 5.82 Å². The highest BCUT2D eigenvalue weighted by molar-refractivity contribution is 7.92. The number of aromatic nitrogens is 1. The van der Waals surface area contributed by atoms with Crippen molar-refractivity contribution in [2.75, 3.05) is 37.2 Å². The summed E-state index contributed by atoms with van der Waals surface area (Å²) in [6.45, 7) is 1.64. The molecule has 1 aromatic heterocycles. The quantitative estimate of drug-likeness (QED) is 0.799. The van der Waals surface area contributed by atoms with Gasteiger partial charge in [-0.2, -0.15) is 0 Å². The number of halogens is 1. The van der Waals surface area contributed by atoms with E-state index in [0.29, 0.717) is 16.5 Å². The minimum absolute atomic E-state index is 0.148. The van der Waals surface area contributed by atoms with E-state index in [9.17, 15) is 8.42 Å². The third kappa shape index (κ3) is 5.38. The Kier molecular flexibility index (Phi) is 5.81. The second kappa shape index (κ2) is 7.63. The Morgan fingerprint density at radius 2 is 1.83 bits per heavy atom. The Labute approximate surface area is 141 Å². The maximum atomic E-state index is 12.2. The average molecular weight is 355 g/mol. The molecule has 0 saturated heterocycles. The van der Waals surface area contributed by atoms with Crippen LogP contribution in [-0.2, 0) is 10.0 Å². The van der Waals surface area contributed by atoms with Gasteiger partial charge in [-0.15, -0.1) is 0 Å². The average Bonchev–Trinajstić information content (AvgIpc) is 2.49. The highest BCUT2D eigenvalue weighted by atomic mass is 35.5. The minimum atomic E-state index is -3.65. The van der Waals surface area contributed by atoms with E-state index in [1.807, 2.05) is 14.1 Å². The molecule has 0 aliphatic heterocycles. The monoisotopic (exact) mass is 354 g/mol. The van der Waals surface area contributed by atoms with Gasteiger partial charge in [0.2, 0.25) is 0 Å². The van der Waals surface area contributed by atoms with Crippen molar-refractivity contribution >= 4 is 33.1 Å². The van der Waals surface area contributed by atoms with E-state index in [0.717, 1.165) is 13.1 Å². The molecular formula is C15H19ClN4O2S. The predicted molar refractivity (Wildman–Crippen MR) is 93.5 cm³/mol. The van der Waals surface area contributed by atoms with Crippen molar-refractivity contribution in [3.63, 3.8) is 0 Å². The molecule has 1 heterocycles. The molecule has 0 atom stereocenters. The van der Waals surface area contributed by atoms with Gasteiger partial charge in [-0.05, 0) is 50.5 Å². The molecule has 1 aromatic carbocycles. The topological polar surface area (TPSA) is 74.3 Å². The van der Waals surface area contributed by atoms with Gasteiger partial charge in [0.05, 0.1) is 16.8 Å². The molecule has 2 aromatic rings. The lowest BCUT2D eigenvalue weighted by molar-refractivity contribution is 0.425. The number of anilines is 2. The zero-order valence-electron chi connectivity index (χ0n) is 13.0. The first kappa shape index (κ1) is 17.5. The Morgan fingerprint density at radius 3 is 2.39 bits per heavy atom. The Bertz CT molecular complexity index is 731. The summed E-state index contributed by atoms with van der Waals surface area (Å²) >= 11 is 5.77. The summed E-state index contributed by atoms with van der Waals surface area (Å²) in [6, 6.07) is 9.37. The van der Waals surface area contributed by atoms with E-state index in [-0.39, 0.29) is 4.90 Å². The third-order valence-electron chi connectivity index (χ3n) is 3.00. The Balaban J connectivity index is 2.01. The van der Waals surface area contributed by atoms with E-state index in [1.165, 1.54) is 30.5 Å². The van der Waals surface area contributed by atoms with Gasteiger partial charge in [-0.1, -0.05) is 11.6 Å². The lowest BCUT2D eigenvalue weighted by atomic mass is 10.4. The molecule has 0 aliphatic carbocycles. The number of nitrogens with zero attached hydrogens (tertiary/aromatic N) is 2. The van der Waals surface area contributed by atoms with Crippen LogP contribution in [0.25, 0.3) is 0 Å². The number of benzene rings is 1. The van der Waals surface area contributed by atoms with Crippen molar-refractivity contribution in [2.24, 2.45) is 0 Å². The fourth-order valence-electron chi connectivity index (χ4n) is 1.79. The van der Waals surface area contributed by atoms with E-state index >= 15 is 0 Å². The van der Waals surface area contributed by atoms with Crippen molar-refractivity contribution in [3.05, 3.63) is 47.6 Å². The number of likely N-dealkylation sites (N-methyl/N-ethyl adjacent to an activating group) is 1. The molecule has 0 aliphatic rings. The van der Waals surface area contributed by atoms with Gasteiger partial charge in [-0.3, -0.25) is 4.72 Å².